The lowest BCUT2D eigenvalue weighted by atomic mass is 10.3. The molecule has 0 saturated heterocycles. The zero-order valence-corrected chi connectivity index (χ0v) is 12.0. The average Bonchev–Trinajstić information content (AvgIpc) is 2.82. The molecule has 0 aliphatic rings. The molecule has 2 rings (SSSR count). The molecule has 0 fully saturated rings. The Balaban J connectivity index is 2.18. The lowest BCUT2D eigenvalue weighted by Gasteiger charge is -2.07. The van der Waals surface area contributed by atoms with E-state index in [-0.39, 0.29) is 11.5 Å². The van der Waals surface area contributed by atoms with E-state index >= 15 is 0 Å². The average molecular weight is 293 g/mol. The quantitative estimate of drug-likeness (QED) is 0.628. The molecule has 0 aromatic carbocycles. The summed E-state index contributed by atoms with van der Waals surface area (Å²) in [5, 5.41) is 19.9. The molecular weight excluding hydrogens is 278 g/mol. The number of rotatable bonds is 6. The highest BCUT2D eigenvalue weighted by Gasteiger charge is 2.16. The minimum Gasteiger partial charge on any atom is -0.370 e. The van der Waals surface area contributed by atoms with Crippen LogP contribution in [0.3, 0.4) is 0 Å². The molecule has 0 radical (unpaired) electrons. The lowest BCUT2D eigenvalue weighted by molar-refractivity contribution is -0.384. The third-order valence-electron chi connectivity index (χ3n) is 2.53. The number of anilines is 2. The van der Waals surface area contributed by atoms with Gasteiger partial charge in [0.25, 0.3) is 0 Å². The SMILES string of the molecule is CCNc1ccc([N+](=O)[O-])c(NCc2csc(C)n2)n1. The first-order chi connectivity index (χ1) is 9.60. The Morgan fingerprint density at radius 3 is 2.75 bits per heavy atom. The minimum atomic E-state index is -0.447. The summed E-state index contributed by atoms with van der Waals surface area (Å²) in [6.07, 6.45) is 0. The molecule has 0 bridgehead atoms. The molecule has 7 nitrogen and oxygen atoms in total. The second kappa shape index (κ2) is 6.29. The van der Waals surface area contributed by atoms with Gasteiger partial charge in [-0.05, 0) is 19.9 Å². The topological polar surface area (TPSA) is 93.0 Å². The van der Waals surface area contributed by atoms with Gasteiger partial charge in [-0.25, -0.2) is 9.97 Å². The Kier molecular flexibility index (Phi) is 4.46. The fourth-order valence-corrected chi connectivity index (χ4v) is 2.29. The number of nitro groups is 1. The van der Waals surface area contributed by atoms with Crippen LogP contribution in [0.4, 0.5) is 17.3 Å². The normalized spacial score (nSPS) is 10.3. The molecule has 0 aliphatic heterocycles. The number of nitrogens with one attached hydrogen (secondary N) is 2. The summed E-state index contributed by atoms with van der Waals surface area (Å²) in [4.78, 5) is 19.1. The van der Waals surface area contributed by atoms with Gasteiger partial charge in [-0.1, -0.05) is 0 Å². The Morgan fingerprint density at radius 1 is 1.35 bits per heavy atom. The molecule has 2 aromatic rings. The largest absolute Gasteiger partial charge is 0.370 e. The van der Waals surface area contributed by atoms with E-state index in [4.69, 9.17) is 0 Å². The van der Waals surface area contributed by atoms with Crippen molar-refractivity contribution in [3.63, 3.8) is 0 Å². The van der Waals surface area contributed by atoms with E-state index in [1.165, 1.54) is 6.07 Å². The zero-order chi connectivity index (χ0) is 14.5. The second-order valence-corrected chi connectivity index (χ2v) is 5.13. The van der Waals surface area contributed by atoms with Gasteiger partial charge in [-0.2, -0.15) is 0 Å². The standard InChI is InChI=1S/C12H15N5O2S/c1-3-13-11-5-4-10(17(18)19)12(16-11)14-6-9-7-20-8(2)15-9/h4-5,7H,3,6H2,1-2H3,(H2,13,14,16). The third-order valence-corrected chi connectivity index (χ3v) is 3.35. The van der Waals surface area contributed by atoms with E-state index in [9.17, 15) is 10.1 Å². The summed E-state index contributed by atoms with van der Waals surface area (Å²) in [7, 11) is 0. The molecule has 2 heterocycles. The molecule has 0 saturated carbocycles. The fraction of sp³-hybridized carbons (Fsp3) is 0.333. The minimum absolute atomic E-state index is 0.0430. The van der Waals surface area contributed by atoms with Crippen molar-refractivity contribution >= 4 is 28.7 Å². The Morgan fingerprint density at radius 2 is 2.15 bits per heavy atom. The Bertz CT molecular complexity index is 614. The van der Waals surface area contributed by atoms with Crippen LogP contribution in [-0.4, -0.2) is 21.4 Å². The monoisotopic (exact) mass is 293 g/mol. The molecule has 8 heteroatoms. The van der Waals surface area contributed by atoms with Gasteiger partial charge in [-0.3, -0.25) is 10.1 Å². The Labute approximate surface area is 120 Å². The van der Waals surface area contributed by atoms with Crippen molar-refractivity contribution in [3.05, 3.63) is 38.3 Å². The molecular formula is C12H15N5O2S. The number of pyridine rings is 1. The van der Waals surface area contributed by atoms with Crippen LogP contribution < -0.4 is 10.6 Å². The maximum Gasteiger partial charge on any atom is 0.311 e. The van der Waals surface area contributed by atoms with Gasteiger partial charge in [0, 0.05) is 18.0 Å². The maximum atomic E-state index is 11.0. The fourth-order valence-electron chi connectivity index (χ4n) is 1.67. The van der Waals surface area contributed by atoms with E-state index in [0.29, 0.717) is 18.9 Å². The number of aromatic nitrogens is 2. The van der Waals surface area contributed by atoms with Crippen LogP contribution >= 0.6 is 11.3 Å². The lowest BCUT2D eigenvalue weighted by Crippen LogP contribution is -2.07. The van der Waals surface area contributed by atoms with Crippen molar-refractivity contribution in [2.45, 2.75) is 20.4 Å². The van der Waals surface area contributed by atoms with E-state index in [2.05, 4.69) is 20.6 Å². The first-order valence-electron chi connectivity index (χ1n) is 6.14. The van der Waals surface area contributed by atoms with Crippen molar-refractivity contribution in [2.75, 3.05) is 17.2 Å². The number of thiazole rings is 1. The summed E-state index contributed by atoms with van der Waals surface area (Å²) in [5.41, 5.74) is 0.802. The van der Waals surface area contributed by atoms with Gasteiger partial charge in [0.05, 0.1) is 22.2 Å². The molecule has 2 aromatic heterocycles. The maximum absolute atomic E-state index is 11.0. The van der Waals surface area contributed by atoms with E-state index in [1.807, 2.05) is 19.2 Å². The first kappa shape index (κ1) is 14.2. The summed E-state index contributed by atoms with van der Waals surface area (Å²) in [5.74, 6) is 0.856. The van der Waals surface area contributed by atoms with Crippen molar-refractivity contribution < 1.29 is 4.92 Å². The van der Waals surface area contributed by atoms with E-state index in [1.54, 1.807) is 17.4 Å². The van der Waals surface area contributed by atoms with E-state index in [0.717, 1.165) is 10.7 Å². The third kappa shape index (κ3) is 3.41. The molecule has 0 unspecified atom stereocenters. The van der Waals surface area contributed by atoms with Crippen LogP contribution in [0.2, 0.25) is 0 Å². The van der Waals surface area contributed by atoms with Gasteiger partial charge in [0.15, 0.2) is 0 Å². The zero-order valence-electron chi connectivity index (χ0n) is 11.2. The van der Waals surface area contributed by atoms with Gasteiger partial charge in [-0.15, -0.1) is 11.3 Å². The van der Waals surface area contributed by atoms with Gasteiger partial charge in [0.1, 0.15) is 5.82 Å². The number of aryl methyl sites for hydroxylation is 1. The van der Waals surface area contributed by atoms with Crippen LogP contribution in [0.15, 0.2) is 17.5 Å². The van der Waals surface area contributed by atoms with E-state index < -0.39 is 4.92 Å². The second-order valence-electron chi connectivity index (χ2n) is 4.06. The predicted molar refractivity (Wildman–Crippen MR) is 79.2 cm³/mol. The van der Waals surface area contributed by atoms with Crippen LogP contribution in [0, 0.1) is 17.0 Å². The molecule has 2 N–H and O–H groups in total. The van der Waals surface area contributed by atoms with Crippen LogP contribution in [0.25, 0.3) is 0 Å². The molecule has 20 heavy (non-hydrogen) atoms. The van der Waals surface area contributed by atoms with Gasteiger partial charge < -0.3 is 10.6 Å². The number of hydrogen-bond acceptors (Lipinski definition) is 7. The molecule has 0 amide bonds. The summed E-state index contributed by atoms with van der Waals surface area (Å²) in [6.45, 7) is 4.97. The molecule has 106 valence electrons. The molecule has 0 spiro atoms. The first-order valence-corrected chi connectivity index (χ1v) is 7.02. The Hall–Kier alpha value is -2.22. The summed E-state index contributed by atoms with van der Waals surface area (Å²) in [6, 6.07) is 3.04. The highest BCUT2D eigenvalue weighted by Crippen LogP contribution is 2.24. The van der Waals surface area contributed by atoms with Gasteiger partial charge >= 0.3 is 5.69 Å². The van der Waals surface area contributed by atoms with Crippen molar-refractivity contribution in [1.29, 1.82) is 0 Å². The molecule has 0 aliphatic carbocycles. The van der Waals surface area contributed by atoms with Crippen molar-refractivity contribution in [3.8, 4) is 0 Å². The van der Waals surface area contributed by atoms with Crippen molar-refractivity contribution in [1.82, 2.24) is 9.97 Å². The highest BCUT2D eigenvalue weighted by molar-refractivity contribution is 7.09. The molecule has 0 atom stereocenters. The van der Waals surface area contributed by atoms with Gasteiger partial charge in [0.2, 0.25) is 5.82 Å². The predicted octanol–water partition coefficient (Wildman–Crippen LogP) is 2.80. The summed E-state index contributed by atoms with van der Waals surface area (Å²) < 4.78 is 0. The van der Waals surface area contributed by atoms with Crippen LogP contribution in [0.1, 0.15) is 17.6 Å². The number of nitrogens with zero attached hydrogens (tertiary/aromatic N) is 3. The highest BCUT2D eigenvalue weighted by atomic mass is 32.1. The van der Waals surface area contributed by atoms with Crippen LogP contribution in [-0.2, 0) is 6.54 Å². The number of hydrogen-bond donors (Lipinski definition) is 2. The smallest absolute Gasteiger partial charge is 0.311 e. The summed E-state index contributed by atoms with van der Waals surface area (Å²) >= 11 is 1.54. The van der Waals surface area contributed by atoms with Crippen molar-refractivity contribution in [2.24, 2.45) is 0 Å². The van der Waals surface area contributed by atoms with Crippen LogP contribution in [0.5, 0.6) is 0 Å².